The fraction of sp³-hybridized carbons (Fsp3) is 0.500. The Morgan fingerprint density at radius 1 is 1.50 bits per heavy atom. The molecule has 68 valence electrons. The van der Waals surface area contributed by atoms with Gasteiger partial charge < -0.3 is 9.73 Å². The summed E-state index contributed by atoms with van der Waals surface area (Å²) >= 11 is 5.64. The van der Waals surface area contributed by atoms with Crippen LogP contribution in [0.2, 0.25) is 5.22 Å². The van der Waals surface area contributed by atoms with E-state index in [0.717, 1.165) is 18.7 Å². The summed E-state index contributed by atoms with van der Waals surface area (Å²) < 4.78 is 5.27. The fourth-order valence-electron chi connectivity index (χ4n) is 1.44. The van der Waals surface area contributed by atoms with Gasteiger partial charge in [0.15, 0.2) is 5.22 Å². The summed E-state index contributed by atoms with van der Waals surface area (Å²) in [6, 6.07) is 4.12. The van der Waals surface area contributed by atoms with Gasteiger partial charge in [-0.05, 0) is 43.1 Å². The van der Waals surface area contributed by atoms with Crippen molar-refractivity contribution in [1.29, 1.82) is 0 Å². The average molecular weight is 208 g/mol. The van der Waals surface area contributed by atoms with Crippen LogP contribution in [0, 0.1) is 0 Å². The standard InChI is InChI=1S/C8H10ClNO.ClH/c9-8-4-3-7(11-8)6-2-1-5-10-6;/h3-4,6,10H,1-2,5H2;1H/t6-;/m0./s1. The van der Waals surface area contributed by atoms with Crippen molar-refractivity contribution in [2.24, 2.45) is 0 Å². The molecular formula is C8H11Cl2NO. The van der Waals surface area contributed by atoms with Crippen molar-refractivity contribution in [1.82, 2.24) is 5.32 Å². The molecule has 0 amide bonds. The summed E-state index contributed by atoms with van der Waals surface area (Å²) in [5.41, 5.74) is 0. The van der Waals surface area contributed by atoms with Crippen LogP contribution in [0.15, 0.2) is 16.5 Å². The number of nitrogens with one attached hydrogen (secondary N) is 1. The lowest BCUT2D eigenvalue weighted by Crippen LogP contribution is -2.11. The summed E-state index contributed by atoms with van der Waals surface area (Å²) in [5, 5.41) is 3.81. The van der Waals surface area contributed by atoms with E-state index in [4.69, 9.17) is 16.0 Å². The molecule has 1 aliphatic rings. The Morgan fingerprint density at radius 2 is 2.33 bits per heavy atom. The molecule has 2 nitrogen and oxygen atoms in total. The van der Waals surface area contributed by atoms with Gasteiger partial charge in [0.05, 0.1) is 6.04 Å². The lowest BCUT2D eigenvalue weighted by molar-refractivity contribution is 0.447. The highest BCUT2D eigenvalue weighted by Gasteiger charge is 2.18. The van der Waals surface area contributed by atoms with E-state index in [2.05, 4.69) is 5.32 Å². The van der Waals surface area contributed by atoms with E-state index in [9.17, 15) is 0 Å². The monoisotopic (exact) mass is 207 g/mol. The smallest absolute Gasteiger partial charge is 0.193 e. The third kappa shape index (κ3) is 1.94. The van der Waals surface area contributed by atoms with E-state index in [0.29, 0.717) is 11.3 Å². The summed E-state index contributed by atoms with van der Waals surface area (Å²) in [6.45, 7) is 1.09. The van der Waals surface area contributed by atoms with Crippen molar-refractivity contribution < 1.29 is 4.42 Å². The Bertz CT molecular complexity index is 243. The minimum absolute atomic E-state index is 0. The molecule has 1 N–H and O–H groups in total. The number of hydrogen-bond donors (Lipinski definition) is 1. The Kier molecular flexibility index (Phi) is 3.44. The zero-order valence-electron chi connectivity index (χ0n) is 6.55. The quantitative estimate of drug-likeness (QED) is 0.767. The zero-order chi connectivity index (χ0) is 7.68. The third-order valence-electron chi connectivity index (χ3n) is 2.00. The van der Waals surface area contributed by atoms with Crippen molar-refractivity contribution >= 4 is 24.0 Å². The first kappa shape index (κ1) is 9.90. The molecule has 0 unspecified atom stereocenters. The van der Waals surface area contributed by atoms with Crippen LogP contribution < -0.4 is 5.32 Å². The highest BCUT2D eigenvalue weighted by molar-refractivity contribution is 6.28. The van der Waals surface area contributed by atoms with Gasteiger partial charge in [-0.3, -0.25) is 0 Å². The molecule has 2 heterocycles. The van der Waals surface area contributed by atoms with Crippen LogP contribution in [0.3, 0.4) is 0 Å². The average Bonchev–Trinajstić information content (AvgIpc) is 2.55. The van der Waals surface area contributed by atoms with Gasteiger partial charge in [-0.2, -0.15) is 0 Å². The van der Waals surface area contributed by atoms with Crippen molar-refractivity contribution in [2.75, 3.05) is 6.54 Å². The first-order valence-electron chi connectivity index (χ1n) is 3.85. The minimum atomic E-state index is 0. The highest BCUT2D eigenvalue weighted by atomic mass is 35.5. The molecule has 0 saturated carbocycles. The SMILES string of the molecule is Cl.Clc1ccc([C@@H]2CCCN2)o1. The van der Waals surface area contributed by atoms with Gasteiger partial charge in [-0.15, -0.1) is 12.4 Å². The molecule has 1 saturated heterocycles. The van der Waals surface area contributed by atoms with Crippen LogP contribution >= 0.6 is 24.0 Å². The summed E-state index contributed by atoms with van der Waals surface area (Å²) in [5.74, 6) is 0.965. The highest BCUT2D eigenvalue weighted by Crippen LogP contribution is 2.26. The lowest BCUT2D eigenvalue weighted by atomic mass is 10.2. The largest absolute Gasteiger partial charge is 0.448 e. The number of hydrogen-bond acceptors (Lipinski definition) is 2. The lowest BCUT2D eigenvalue weighted by Gasteiger charge is -2.04. The van der Waals surface area contributed by atoms with Gasteiger partial charge in [0.1, 0.15) is 5.76 Å². The fourth-order valence-corrected chi connectivity index (χ4v) is 1.60. The maximum atomic E-state index is 5.64. The number of rotatable bonds is 1. The molecule has 0 radical (unpaired) electrons. The first-order chi connectivity index (χ1) is 5.36. The van der Waals surface area contributed by atoms with Crippen molar-refractivity contribution in [3.8, 4) is 0 Å². The van der Waals surface area contributed by atoms with E-state index in [1.54, 1.807) is 6.07 Å². The molecule has 4 heteroatoms. The predicted octanol–water partition coefficient (Wildman–Crippen LogP) is 2.78. The van der Waals surface area contributed by atoms with E-state index in [1.807, 2.05) is 6.07 Å². The normalized spacial score (nSPS) is 22.2. The Hall–Kier alpha value is -0.180. The second-order valence-electron chi connectivity index (χ2n) is 2.79. The van der Waals surface area contributed by atoms with Gasteiger partial charge in [-0.1, -0.05) is 0 Å². The first-order valence-corrected chi connectivity index (χ1v) is 4.23. The van der Waals surface area contributed by atoms with Gasteiger partial charge >= 0.3 is 0 Å². The molecule has 2 rings (SSSR count). The number of halogens is 2. The van der Waals surface area contributed by atoms with Crippen LogP contribution in [0.1, 0.15) is 24.6 Å². The molecule has 0 aromatic carbocycles. The Labute approximate surface area is 82.7 Å². The maximum absolute atomic E-state index is 5.64. The minimum Gasteiger partial charge on any atom is -0.448 e. The maximum Gasteiger partial charge on any atom is 0.193 e. The molecule has 0 spiro atoms. The van der Waals surface area contributed by atoms with Crippen LogP contribution in [-0.4, -0.2) is 6.54 Å². The van der Waals surface area contributed by atoms with Crippen molar-refractivity contribution in [3.63, 3.8) is 0 Å². The molecule has 1 aliphatic heterocycles. The van der Waals surface area contributed by atoms with E-state index >= 15 is 0 Å². The second-order valence-corrected chi connectivity index (χ2v) is 3.16. The number of furan rings is 1. The molecular weight excluding hydrogens is 197 g/mol. The van der Waals surface area contributed by atoms with Crippen LogP contribution in [-0.2, 0) is 0 Å². The van der Waals surface area contributed by atoms with Gasteiger partial charge in [0.2, 0.25) is 0 Å². The molecule has 0 bridgehead atoms. The van der Waals surface area contributed by atoms with E-state index in [-0.39, 0.29) is 12.4 Å². The Morgan fingerprint density at radius 3 is 2.83 bits per heavy atom. The van der Waals surface area contributed by atoms with Crippen molar-refractivity contribution in [3.05, 3.63) is 23.1 Å². The second kappa shape index (κ2) is 4.17. The zero-order valence-corrected chi connectivity index (χ0v) is 8.12. The molecule has 0 aliphatic carbocycles. The molecule has 1 aromatic rings. The summed E-state index contributed by atoms with van der Waals surface area (Å²) in [6.07, 6.45) is 2.38. The molecule has 12 heavy (non-hydrogen) atoms. The Balaban J connectivity index is 0.000000720. The van der Waals surface area contributed by atoms with Crippen LogP contribution in [0.4, 0.5) is 0 Å². The van der Waals surface area contributed by atoms with Crippen LogP contribution in [0.25, 0.3) is 0 Å². The molecule has 1 atom stereocenters. The molecule has 1 aromatic heterocycles. The van der Waals surface area contributed by atoms with Crippen molar-refractivity contribution in [2.45, 2.75) is 18.9 Å². The van der Waals surface area contributed by atoms with Gasteiger partial charge in [0.25, 0.3) is 0 Å². The van der Waals surface area contributed by atoms with E-state index in [1.165, 1.54) is 6.42 Å². The summed E-state index contributed by atoms with van der Waals surface area (Å²) in [7, 11) is 0. The van der Waals surface area contributed by atoms with Gasteiger partial charge in [0, 0.05) is 0 Å². The topological polar surface area (TPSA) is 25.2 Å². The van der Waals surface area contributed by atoms with Crippen LogP contribution in [0.5, 0.6) is 0 Å². The third-order valence-corrected chi connectivity index (χ3v) is 2.20. The predicted molar refractivity (Wildman–Crippen MR) is 50.9 cm³/mol. The summed E-state index contributed by atoms with van der Waals surface area (Å²) in [4.78, 5) is 0. The van der Waals surface area contributed by atoms with E-state index < -0.39 is 0 Å². The molecule has 1 fully saturated rings. The van der Waals surface area contributed by atoms with Gasteiger partial charge in [-0.25, -0.2) is 0 Å².